The predicted molar refractivity (Wildman–Crippen MR) is 113 cm³/mol. The number of halogens is 3. The van der Waals surface area contributed by atoms with Crippen molar-refractivity contribution in [3.05, 3.63) is 55.3 Å². The molecular formula is C19H19BrFIN2O3. The number of aliphatic hydroxyl groups is 1. The number of nitrogens with one attached hydrogen (secondary N) is 2. The van der Waals surface area contributed by atoms with Gasteiger partial charge in [-0.15, -0.1) is 0 Å². The summed E-state index contributed by atoms with van der Waals surface area (Å²) >= 11 is 5.33. The fourth-order valence-electron chi connectivity index (χ4n) is 2.56. The van der Waals surface area contributed by atoms with Crippen molar-refractivity contribution in [3.8, 4) is 0 Å². The minimum absolute atomic E-state index is 0.185. The van der Waals surface area contributed by atoms with E-state index in [1.807, 2.05) is 25.1 Å². The minimum atomic E-state index is -0.640. The number of hydrogen-bond donors (Lipinski definition) is 3. The van der Waals surface area contributed by atoms with E-state index in [0.717, 1.165) is 27.7 Å². The Labute approximate surface area is 178 Å². The van der Waals surface area contributed by atoms with Crippen molar-refractivity contribution >= 4 is 55.8 Å². The van der Waals surface area contributed by atoms with Crippen molar-refractivity contribution in [1.29, 1.82) is 0 Å². The SMILES string of the molecule is Cc1cc(I)ccc1Nc1cc(F)c(Br)cc1C(=O)NOCCC1(O)CC1. The molecule has 0 aliphatic heterocycles. The molecule has 2 aromatic rings. The molecule has 27 heavy (non-hydrogen) atoms. The summed E-state index contributed by atoms with van der Waals surface area (Å²) in [7, 11) is 0. The summed E-state index contributed by atoms with van der Waals surface area (Å²) in [4.78, 5) is 17.7. The third kappa shape index (κ3) is 5.40. The predicted octanol–water partition coefficient (Wildman–Crippen LogP) is 4.82. The molecule has 1 saturated carbocycles. The molecule has 1 aliphatic carbocycles. The van der Waals surface area contributed by atoms with Gasteiger partial charge in [0, 0.05) is 15.7 Å². The maximum atomic E-state index is 14.1. The molecule has 3 rings (SSSR count). The smallest absolute Gasteiger partial charge is 0.276 e. The van der Waals surface area contributed by atoms with E-state index < -0.39 is 17.3 Å². The summed E-state index contributed by atoms with van der Waals surface area (Å²) in [5.41, 5.74) is 4.06. The summed E-state index contributed by atoms with van der Waals surface area (Å²) in [5, 5.41) is 12.9. The van der Waals surface area contributed by atoms with Crippen LogP contribution in [0.3, 0.4) is 0 Å². The fourth-order valence-corrected chi connectivity index (χ4v) is 3.55. The third-order valence-electron chi connectivity index (χ3n) is 4.42. The molecule has 0 atom stereocenters. The standard InChI is InChI=1S/C19H19BrFIN2O3/c1-11-8-12(22)2-3-16(11)23-17-10-15(21)14(20)9-13(17)18(25)24-27-7-6-19(26)4-5-19/h2-3,8-10,23,26H,4-7H2,1H3,(H,24,25). The van der Waals surface area contributed by atoms with E-state index in [2.05, 4.69) is 49.3 Å². The first kappa shape index (κ1) is 20.5. The van der Waals surface area contributed by atoms with Gasteiger partial charge in [0.25, 0.3) is 5.91 Å². The van der Waals surface area contributed by atoms with Gasteiger partial charge in [-0.25, -0.2) is 9.87 Å². The number of aryl methyl sites for hydroxylation is 1. The largest absolute Gasteiger partial charge is 0.390 e. The van der Waals surface area contributed by atoms with Gasteiger partial charge >= 0.3 is 0 Å². The molecule has 0 radical (unpaired) electrons. The molecule has 0 heterocycles. The van der Waals surface area contributed by atoms with E-state index in [1.165, 1.54) is 12.1 Å². The zero-order chi connectivity index (χ0) is 19.6. The quantitative estimate of drug-likeness (QED) is 0.263. The van der Waals surface area contributed by atoms with Gasteiger partial charge in [-0.1, -0.05) is 0 Å². The first-order valence-electron chi connectivity index (χ1n) is 8.44. The van der Waals surface area contributed by atoms with Crippen LogP contribution in [0.25, 0.3) is 0 Å². The van der Waals surface area contributed by atoms with Gasteiger partial charge in [0.15, 0.2) is 0 Å². The normalized spacial score (nSPS) is 14.7. The molecule has 0 saturated heterocycles. The Balaban J connectivity index is 1.74. The molecule has 0 unspecified atom stereocenters. The zero-order valence-corrected chi connectivity index (χ0v) is 18.4. The van der Waals surface area contributed by atoms with E-state index in [1.54, 1.807) is 0 Å². The van der Waals surface area contributed by atoms with E-state index in [9.17, 15) is 14.3 Å². The van der Waals surface area contributed by atoms with Crippen LogP contribution in [0.15, 0.2) is 34.8 Å². The average molecular weight is 549 g/mol. The molecule has 1 amide bonds. The second-order valence-corrected chi connectivity index (χ2v) is 8.75. The topological polar surface area (TPSA) is 70.6 Å². The van der Waals surface area contributed by atoms with Crippen LogP contribution in [0.1, 0.15) is 35.2 Å². The third-order valence-corrected chi connectivity index (χ3v) is 5.70. The highest BCUT2D eigenvalue weighted by molar-refractivity contribution is 14.1. The Hall–Kier alpha value is -1.23. The number of benzene rings is 2. The van der Waals surface area contributed by atoms with Crippen molar-refractivity contribution in [2.45, 2.75) is 31.8 Å². The lowest BCUT2D eigenvalue weighted by Gasteiger charge is -2.15. The van der Waals surface area contributed by atoms with Crippen LogP contribution >= 0.6 is 38.5 Å². The molecule has 144 valence electrons. The van der Waals surface area contributed by atoms with E-state index >= 15 is 0 Å². The fraction of sp³-hybridized carbons (Fsp3) is 0.316. The Morgan fingerprint density at radius 1 is 1.33 bits per heavy atom. The molecule has 2 aromatic carbocycles. The zero-order valence-electron chi connectivity index (χ0n) is 14.6. The van der Waals surface area contributed by atoms with Gasteiger partial charge in [-0.05, 0) is 94.2 Å². The Bertz CT molecular complexity index is 874. The van der Waals surface area contributed by atoms with Crippen molar-refractivity contribution in [1.82, 2.24) is 5.48 Å². The molecule has 1 fully saturated rings. The monoisotopic (exact) mass is 548 g/mol. The van der Waals surface area contributed by atoms with E-state index in [-0.39, 0.29) is 16.6 Å². The number of hydrogen-bond acceptors (Lipinski definition) is 4. The van der Waals surface area contributed by atoms with Gasteiger partial charge in [-0.3, -0.25) is 9.63 Å². The second-order valence-electron chi connectivity index (χ2n) is 6.65. The molecular weight excluding hydrogens is 530 g/mol. The highest BCUT2D eigenvalue weighted by Gasteiger charge is 2.39. The van der Waals surface area contributed by atoms with Crippen molar-refractivity contribution < 1.29 is 19.1 Å². The Morgan fingerprint density at radius 3 is 2.74 bits per heavy atom. The highest BCUT2D eigenvalue weighted by atomic mass is 127. The van der Waals surface area contributed by atoms with Gasteiger partial charge < -0.3 is 10.4 Å². The van der Waals surface area contributed by atoms with Crippen LogP contribution in [0.5, 0.6) is 0 Å². The van der Waals surface area contributed by atoms with Gasteiger partial charge in [0.05, 0.1) is 27.9 Å². The van der Waals surface area contributed by atoms with Crippen LogP contribution in [-0.4, -0.2) is 23.2 Å². The lowest BCUT2D eigenvalue weighted by molar-refractivity contribution is 0.0120. The first-order valence-corrected chi connectivity index (χ1v) is 10.3. The molecule has 1 aliphatic rings. The molecule has 0 spiro atoms. The highest BCUT2D eigenvalue weighted by Crippen LogP contribution is 2.38. The van der Waals surface area contributed by atoms with Gasteiger partial charge in [0.1, 0.15) is 5.82 Å². The maximum Gasteiger partial charge on any atom is 0.276 e. The van der Waals surface area contributed by atoms with Gasteiger partial charge in [-0.2, -0.15) is 0 Å². The molecule has 0 bridgehead atoms. The Morgan fingerprint density at radius 2 is 2.07 bits per heavy atom. The van der Waals surface area contributed by atoms with Crippen molar-refractivity contribution in [3.63, 3.8) is 0 Å². The number of carbonyl (C=O) groups excluding carboxylic acids is 1. The Kier molecular flexibility index (Phi) is 6.39. The summed E-state index contributed by atoms with van der Waals surface area (Å²) in [5.74, 6) is -0.974. The van der Waals surface area contributed by atoms with Crippen molar-refractivity contribution in [2.75, 3.05) is 11.9 Å². The van der Waals surface area contributed by atoms with Crippen LogP contribution in [0.2, 0.25) is 0 Å². The van der Waals surface area contributed by atoms with Crippen LogP contribution in [0, 0.1) is 16.3 Å². The second kappa shape index (κ2) is 8.42. The lowest BCUT2D eigenvalue weighted by Crippen LogP contribution is -2.26. The molecule has 0 aromatic heterocycles. The van der Waals surface area contributed by atoms with E-state index in [4.69, 9.17) is 4.84 Å². The average Bonchev–Trinajstić information content (AvgIpc) is 3.34. The summed E-state index contributed by atoms with van der Waals surface area (Å²) in [6.07, 6.45) is 1.99. The molecule has 8 heteroatoms. The van der Waals surface area contributed by atoms with Gasteiger partial charge in [0.2, 0.25) is 0 Å². The number of hydroxylamine groups is 1. The number of anilines is 2. The van der Waals surface area contributed by atoms with Crippen LogP contribution in [0.4, 0.5) is 15.8 Å². The minimum Gasteiger partial charge on any atom is -0.390 e. The molecule has 5 nitrogen and oxygen atoms in total. The molecule has 3 N–H and O–H groups in total. The van der Waals surface area contributed by atoms with E-state index in [0.29, 0.717) is 12.1 Å². The van der Waals surface area contributed by atoms with Crippen LogP contribution < -0.4 is 10.8 Å². The first-order chi connectivity index (χ1) is 12.8. The number of carbonyl (C=O) groups is 1. The lowest BCUT2D eigenvalue weighted by atomic mass is 10.1. The van der Waals surface area contributed by atoms with Crippen molar-refractivity contribution in [2.24, 2.45) is 0 Å². The number of amides is 1. The summed E-state index contributed by atoms with van der Waals surface area (Å²) < 4.78 is 15.3. The number of rotatable bonds is 7. The maximum absolute atomic E-state index is 14.1. The summed E-state index contributed by atoms with van der Waals surface area (Å²) in [6.45, 7) is 2.15. The summed E-state index contributed by atoms with van der Waals surface area (Å²) in [6, 6.07) is 8.47. The van der Waals surface area contributed by atoms with Crippen LogP contribution in [-0.2, 0) is 4.84 Å².